The molecule has 3 nitrogen and oxygen atoms in total. The number of carbonyl (C=O) groups excluding carboxylic acids is 1. The summed E-state index contributed by atoms with van der Waals surface area (Å²) in [6.07, 6.45) is 3.63. The molecule has 4 heteroatoms. The Hall–Kier alpha value is -0.280. The first-order valence-electron chi connectivity index (χ1n) is 6.49. The van der Waals surface area contributed by atoms with Gasteiger partial charge in [-0.3, -0.25) is 4.79 Å². The molecule has 1 aliphatic rings. The van der Waals surface area contributed by atoms with Crippen LogP contribution in [0, 0.1) is 17.8 Å². The van der Waals surface area contributed by atoms with Gasteiger partial charge in [0.2, 0.25) is 5.91 Å². The Balaban J connectivity index is 0.00000256. The first kappa shape index (κ1) is 16.7. The summed E-state index contributed by atoms with van der Waals surface area (Å²) in [6.45, 7) is 8.30. The zero-order valence-corrected chi connectivity index (χ0v) is 12.2. The number of rotatable bonds is 3. The summed E-state index contributed by atoms with van der Waals surface area (Å²) in [5, 5.41) is 3.16. The molecule has 0 saturated heterocycles. The fraction of sp³-hybridized carbons (Fsp3) is 0.923. The largest absolute Gasteiger partial charge is 0.353 e. The molecule has 0 aromatic rings. The van der Waals surface area contributed by atoms with Crippen LogP contribution in [0.5, 0.6) is 0 Å². The quantitative estimate of drug-likeness (QED) is 0.820. The van der Waals surface area contributed by atoms with Gasteiger partial charge in [0.05, 0.1) is 0 Å². The first-order chi connectivity index (χ1) is 7.43. The molecule has 1 aliphatic carbocycles. The summed E-state index contributed by atoms with van der Waals surface area (Å²) < 4.78 is 0. The molecule has 0 spiro atoms. The number of nitrogens with two attached hydrogens (primary N) is 1. The molecule has 1 amide bonds. The third kappa shape index (κ3) is 4.47. The van der Waals surface area contributed by atoms with E-state index in [9.17, 15) is 4.79 Å². The molecule has 1 rings (SSSR count). The smallest absolute Gasteiger partial charge is 0.224 e. The molecule has 5 atom stereocenters. The van der Waals surface area contributed by atoms with E-state index in [2.05, 4.69) is 19.2 Å². The van der Waals surface area contributed by atoms with Gasteiger partial charge in [0.1, 0.15) is 0 Å². The fourth-order valence-electron chi connectivity index (χ4n) is 2.34. The van der Waals surface area contributed by atoms with E-state index < -0.39 is 0 Å². The van der Waals surface area contributed by atoms with Crippen molar-refractivity contribution >= 4 is 18.3 Å². The zero-order chi connectivity index (χ0) is 12.3. The molecule has 3 N–H and O–H groups in total. The lowest BCUT2D eigenvalue weighted by Gasteiger charge is -2.35. The lowest BCUT2D eigenvalue weighted by molar-refractivity contribution is -0.126. The number of hydrogen-bond acceptors (Lipinski definition) is 2. The van der Waals surface area contributed by atoms with Gasteiger partial charge in [0.15, 0.2) is 0 Å². The molecule has 0 radical (unpaired) electrons. The van der Waals surface area contributed by atoms with E-state index in [1.807, 2.05) is 13.8 Å². The van der Waals surface area contributed by atoms with Gasteiger partial charge in [-0.15, -0.1) is 12.4 Å². The predicted molar refractivity (Wildman–Crippen MR) is 74.2 cm³/mol. The van der Waals surface area contributed by atoms with Crippen LogP contribution in [0.2, 0.25) is 0 Å². The van der Waals surface area contributed by atoms with Crippen molar-refractivity contribution < 1.29 is 4.79 Å². The maximum Gasteiger partial charge on any atom is 0.224 e. The lowest BCUT2D eigenvalue weighted by Crippen LogP contribution is -2.48. The summed E-state index contributed by atoms with van der Waals surface area (Å²) in [5.41, 5.74) is 5.74. The van der Waals surface area contributed by atoms with Crippen LogP contribution in [-0.4, -0.2) is 18.0 Å². The average Bonchev–Trinajstić information content (AvgIpc) is 2.23. The standard InChI is InChI=1S/C13H26N2O.ClH/c1-8-6-5-7-12(9(8)2)15-13(16)10(3)11(4)14;/h8-12H,5-7,14H2,1-4H3,(H,15,16);1H. The number of hydrogen-bond donors (Lipinski definition) is 2. The highest BCUT2D eigenvalue weighted by Gasteiger charge is 2.29. The molecule has 17 heavy (non-hydrogen) atoms. The number of amides is 1. The van der Waals surface area contributed by atoms with Gasteiger partial charge in [-0.25, -0.2) is 0 Å². The Morgan fingerprint density at radius 1 is 1.29 bits per heavy atom. The molecule has 0 aliphatic heterocycles. The molecule has 0 heterocycles. The lowest BCUT2D eigenvalue weighted by atomic mass is 9.78. The molecule has 1 fully saturated rings. The van der Waals surface area contributed by atoms with E-state index in [0.29, 0.717) is 17.9 Å². The molecule has 5 unspecified atom stereocenters. The number of halogens is 1. The summed E-state index contributed by atoms with van der Waals surface area (Å²) in [6, 6.07) is 0.272. The highest BCUT2D eigenvalue weighted by Crippen LogP contribution is 2.29. The summed E-state index contributed by atoms with van der Waals surface area (Å²) in [4.78, 5) is 11.9. The number of carbonyl (C=O) groups is 1. The first-order valence-corrected chi connectivity index (χ1v) is 6.49. The van der Waals surface area contributed by atoms with Crippen molar-refractivity contribution in [1.29, 1.82) is 0 Å². The SMILES string of the molecule is CC(N)C(C)C(=O)NC1CCCC(C)C1C.Cl. The number of nitrogens with one attached hydrogen (secondary N) is 1. The van der Waals surface area contributed by atoms with Gasteiger partial charge in [-0.2, -0.15) is 0 Å². The molecule has 0 aromatic carbocycles. The minimum absolute atomic E-state index is 0. The van der Waals surface area contributed by atoms with Gasteiger partial charge in [0.25, 0.3) is 0 Å². The van der Waals surface area contributed by atoms with Crippen LogP contribution in [0.25, 0.3) is 0 Å². The van der Waals surface area contributed by atoms with Crippen LogP contribution in [-0.2, 0) is 4.79 Å². The molecular weight excluding hydrogens is 236 g/mol. The van der Waals surface area contributed by atoms with E-state index in [4.69, 9.17) is 5.73 Å². The average molecular weight is 263 g/mol. The third-order valence-corrected chi connectivity index (χ3v) is 4.24. The van der Waals surface area contributed by atoms with Crippen LogP contribution in [0.3, 0.4) is 0 Å². The van der Waals surface area contributed by atoms with Crippen molar-refractivity contribution in [1.82, 2.24) is 5.32 Å². The predicted octanol–water partition coefficient (Wildman–Crippen LogP) is 2.33. The summed E-state index contributed by atoms with van der Waals surface area (Å²) >= 11 is 0. The monoisotopic (exact) mass is 262 g/mol. The molecule has 0 bridgehead atoms. The van der Waals surface area contributed by atoms with E-state index >= 15 is 0 Å². The Labute approximate surface area is 111 Å². The zero-order valence-electron chi connectivity index (χ0n) is 11.4. The van der Waals surface area contributed by atoms with E-state index in [-0.39, 0.29) is 30.3 Å². The van der Waals surface area contributed by atoms with E-state index in [1.165, 1.54) is 12.8 Å². The van der Waals surface area contributed by atoms with Crippen LogP contribution in [0.4, 0.5) is 0 Å². The summed E-state index contributed by atoms with van der Waals surface area (Å²) in [5.74, 6) is 1.31. The normalized spacial score (nSPS) is 32.2. The van der Waals surface area contributed by atoms with Gasteiger partial charge < -0.3 is 11.1 Å². The maximum absolute atomic E-state index is 11.9. The van der Waals surface area contributed by atoms with Crippen molar-refractivity contribution in [3.05, 3.63) is 0 Å². The molecule has 1 saturated carbocycles. The van der Waals surface area contributed by atoms with Crippen molar-refractivity contribution in [2.45, 2.75) is 59.0 Å². The second-order valence-corrected chi connectivity index (χ2v) is 5.53. The van der Waals surface area contributed by atoms with E-state index in [0.717, 1.165) is 6.42 Å². The third-order valence-electron chi connectivity index (χ3n) is 4.24. The minimum atomic E-state index is -0.0931. The van der Waals surface area contributed by atoms with Crippen LogP contribution >= 0.6 is 12.4 Å². The second-order valence-electron chi connectivity index (χ2n) is 5.53. The van der Waals surface area contributed by atoms with Crippen molar-refractivity contribution in [3.63, 3.8) is 0 Å². The molecule has 102 valence electrons. The van der Waals surface area contributed by atoms with Crippen molar-refractivity contribution in [2.75, 3.05) is 0 Å². The Morgan fingerprint density at radius 2 is 1.88 bits per heavy atom. The van der Waals surface area contributed by atoms with Gasteiger partial charge in [-0.1, -0.05) is 33.6 Å². The minimum Gasteiger partial charge on any atom is -0.353 e. The van der Waals surface area contributed by atoms with Gasteiger partial charge >= 0.3 is 0 Å². The molecule has 0 aromatic heterocycles. The maximum atomic E-state index is 11.9. The van der Waals surface area contributed by atoms with Gasteiger partial charge in [0, 0.05) is 18.0 Å². The Morgan fingerprint density at radius 3 is 2.41 bits per heavy atom. The van der Waals surface area contributed by atoms with Gasteiger partial charge in [-0.05, 0) is 25.2 Å². The summed E-state index contributed by atoms with van der Waals surface area (Å²) in [7, 11) is 0. The second kappa shape index (κ2) is 7.22. The van der Waals surface area contributed by atoms with Crippen LogP contribution in [0.15, 0.2) is 0 Å². The Kier molecular flexibility index (Phi) is 7.10. The van der Waals surface area contributed by atoms with Crippen molar-refractivity contribution in [3.8, 4) is 0 Å². The topological polar surface area (TPSA) is 55.1 Å². The highest BCUT2D eigenvalue weighted by molar-refractivity contribution is 5.85. The fourth-order valence-corrected chi connectivity index (χ4v) is 2.34. The van der Waals surface area contributed by atoms with Crippen molar-refractivity contribution in [2.24, 2.45) is 23.5 Å². The van der Waals surface area contributed by atoms with Crippen LogP contribution in [0.1, 0.15) is 47.0 Å². The Bertz CT molecular complexity index is 246. The van der Waals surface area contributed by atoms with Crippen LogP contribution < -0.4 is 11.1 Å². The molecular formula is C13H27ClN2O. The highest BCUT2D eigenvalue weighted by atomic mass is 35.5. The van der Waals surface area contributed by atoms with E-state index in [1.54, 1.807) is 0 Å².